The Balaban J connectivity index is 1.37. The van der Waals surface area contributed by atoms with Gasteiger partial charge in [0.1, 0.15) is 23.1 Å². The van der Waals surface area contributed by atoms with Gasteiger partial charge in [-0.1, -0.05) is 11.6 Å². The SMILES string of the molecule is O=C(c1csc(COc2ccc(Cl)cc2)n1)N1CCCC(c2nccs2)C1. The highest BCUT2D eigenvalue weighted by Gasteiger charge is 2.28. The van der Waals surface area contributed by atoms with Crippen LogP contribution in [0.15, 0.2) is 41.2 Å². The van der Waals surface area contributed by atoms with Crippen LogP contribution in [0.2, 0.25) is 5.02 Å². The number of carbonyl (C=O) groups is 1. The van der Waals surface area contributed by atoms with Gasteiger partial charge in [-0.05, 0) is 37.1 Å². The fourth-order valence-corrected chi connectivity index (χ4v) is 4.69. The number of piperidine rings is 1. The monoisotopic (exact) mass is 419 g/mol. The summed E-state index contributed by atoms with van der Waals surface area (Å²) in [6, 6.07) is 7.19. The van der Waals surface area contributed by atoms with Crippen LogP contribution >= 0.6 is 34.3 Å². The third-order valence-electron chi connectivity index (χ3n) is 4.46. The average Bonchev–Trinajstić information content (AvgIpc) is 3.39. The third-order valence-corrected chi connectivity index (χ3v) is 6.47. The molecule has 1 aliphatic heterocycles. The predicted molar refractivity (Wildman–Crippen MR) is 108 cm³/mol. The standard InChI is InChI=1S/C19H18ClN3O2S2/c20-14-3-5-15(6-4-14)25-11-17-22-16(12-27-17)19(24)23-8-1-2-13(10-23)18-21-7-9-26-18/h3-7,9,12-13H,1-2,8,10-11H2. The van der Waals surface area contributed by atoms with Crippen LogP contribution in [-0.4, -0.2) is 33.9 Å². The first kappa shape index (κ1) is 18.4. The van der Waals surface area contributed by atoms with Crippen molar-refractivity contribution in [2.24, 2.45) is 0 Å². The quantitative estimate of drug-likeness (QED) is 0.593. The van der Waals surface area contributed by atoms with Crippen molar-refractivity contribution in [3.63, 3.8) is 0 Å². The van der Waals surface area contributed by atoms with E-state index < -0.39 is 0 Å². The molecule has 1 amide bonds. The molecule has 3 aromatic rings. The number of rotatable bonds is 5. The van der Waals surface area contributed by atoms with Crippen molar-refractivity contribution in [3.8, 4) is 5.75 Å². The maximum atomic E-state index is 12.8. The number of benzene rings is 1. The van der Waals surface area contributed by atoms with Crippen molar-refractivity contribution in [1.29, 1.82) is 0 Å². The largest absolute Gasteiger partial charge is 0.486 e. The summed E-state index contributed by atoms with van der Waals surface area (Å²) in [7, 11) is 0. The van der Waals surface area contributed by atoms with Crippen LogP contribution < -0.4 is 4.74 Å². The summed E-state index contributed by atoms with van der Waals surface area (Å²) in [5, 5.41) is 6.37. The van der Waals surface area contributed by atoms with Gasteiger partial charge in [-0.3, -0.25) is 4.79 Å². The molecule has 8 heteroatoms. The highest BCUT2D eigenvalue weighted by atomic mass is 35.5. The molecule has 1 fully saturated rings. The molecule has 0 aliphatic carbocycles. The van der Waals surface area contributed by atoms with Crippen LogP contribution in [0.4, 0.5) is 0 Å². The number of hydrogen-bond donors (Lipinski definition) is 0. The number of nitrogens with zero attached hydrogens (tertiary/aromatic N) is 3. The lowest BCUT2D eigenvalue weighted by atomic mass is 9.98. The van der Waals surface area contributed by atoms with Gasteiger partial charge in [-0.25, -0.2) is 9.97 Å². The molecule has 0 radical (unpaired) electrons. The minimum Gasteiger partial charge on any atom is -0.486 e. The molecule has 0 N–H and O–H groups in total. The van der Waals surface area contributed by atoms with Gasteiger partial charge in [0, 0.05) is 41.0 Å². The van der Waals surface area contributed by atoms with Gasteiger partial charge in [0.05, 0.1) is 5.01 Å². The van der Waals surface area contributed by atoms with E-state index in [2.05, 4.69) is 9.97 Å². The Labute approximate surface area is 170 Å². The second-order valence-electron chi connectivity index (χ2n) is 6.33. The van der Waals surface area contributed by atoms with E-state index in [0.29, 0.717) is 29.8 Å². The average molecular weight is 420 g/mol. The highest BCUT2D eigenvalue weighted by molar-refractivity contribution is 7.10. The van der Waals surface area contributed by atoms with E-state index in [1.54, 1.807) is 23.5 Å². The fourth-order valence-electron chi connectivity index (χ4n) is 3.11. The van der Waals surface area contributed by atoms with Gasteiger partial charge in [0.15, 0.2) is 0 Å². The molecule has 140 valence electrons. The Morgan fingerprint density at radius 3 is 2.93 bits per heavy atom. The van der Waals surface area contributed by atoms with Gasteiger partial charge in [-0.15, -0.1) is 22.7 Å². The summed E-state index contributed by atoms with van der Waals surface area (Å²) < 4.78 is 5.71. The van der Waals surface area contributed by atoms with E-state index in [0.717, 1.165) is 35.2 Å². The van der Waals surface area contributed by atoms with Crippen LogP contribution in [0.1, 0.15) is 39.3 Å². The molecular weight excluding hydrogens is 402 g/mol. The highest BCUT2D eigenvalue weighted by Crippen LogP contribution is 2.29. The lowest BCUT2D eigenvalue weighted by Crippen LogP contribution is -2.39. The minimum absolute atomic E-state index is 0.00903. The zero-order valence-electron chi connectivity index (χ0n) is 14.5. The molecule has 27 heavy (non-hydrogen) atoms. The van der Waals surface area contributed by atoms with Crippen molar-refractivity contribution in [3.05, 3.63) is 62.0 Å². The first-order valence-corrected chi connectivity index (χ1v) is 10.8. The second-order valence-corrected chi connectivity index (χ2v) is 8.63. The lowest BCUT2D eigenvalue weighted by molar-refractivity contribution is 0.0701. The molecule has 1 aromatic carbocycles. The third kappa shape index (κ3) is 4.48. The van der Waals surface area contributed by atoms with Crippen LogP contribution in [-0.2, 0) is 6.61 Å². The first-order chi connectivity index (χ1) is 13.2. The Kier molecular flexibility index (Phi) is 5.71. The molecular formula is C19H18ClN3O2S2. The summed E-state index contributed by atoms with van der Waals surface area (Å²) in [6.07, 6.45) is 3.90. The summed E-state index contributed by atoms with van der Waals surface area (Å²) in [5.41, 5.74) is 0.495. The molecule has 1 saturated heterocycles. The van der Waals surface area contributed by atoms with Crippen molar-refractivity contribution < 1.29 is 9.53 Å². The maximum Gasteiger partial charge on any atom is 0.273 e. The topological polar surface area (TPSA) is 55.3 Å². The molecule has 0 saturated carbocycles. The van der Waals surface area contributed by atoms with Gasteiger partial charge < -0.3 is 9.64 Å². The van der Waals surface area contributed by atoms with E-state index >= 15 is 0 Å². The van der Waals surface area contributed by atoms with Crippen LogP contribution in [0, 0.1) is 0 Å². The number of thiazole rings is 2. The fraction of sp³-hybridized carbons (Fsp3) is 0.316. The van der Waals surface area contributed by atoms with Crippen molar-refractivity contribution in [2.75, 3.05) is 13.1 Å². The van der Waals surface area contributed by atoms with E-state index in [1.807, 2.05) is 34.0 Å². The number of halogens is 1. The number of hydrogen-bond acceptors (Lipinski definition) is 6. The summed E-state index contributed by atoms with van der Waals surface area (Å²) in [5.74, 6) is 1.05. The molecule has 5 nitrogen and oxygen atoms in total. The van der Waals surface area contributed by atoms with E-state index in [9.17, 15) is 4.79 Å². The van der Waals surface area contributed by atoms with E-state index in [-0.39, 0.29) is 5.91 Å². The molecule has 1 unspecified atom stereocenters. The van der Waals surface area contributed by atoms with Crippen molar-refractivity contribution >= 4 is 40.2 Å². The number of amides is 1. The molecule has 4 rings (SSSR count). The van der Waals surface area contributed by atoms with E-state index in [4.69, 9.17) is 16.3 Å². The number of carbonyl (C=O) groups excluding carboxylic acids is 1. The Hall–Kier alpha value is -1.96. The predicted octanol–water partition coefficient (Wildman–Crippen LogP) is 4.85. The van der Waals surface area contributed by atoms with Crippen molar-refractivity contribution in [2.45, 2.75) is 25.4 Å². The molecule has 0 bridgehead atoms. The van der Waals surface area contributed by atoms with Crippen LogP contribution in [0.3, 0.4) is 0 Å². The smallest absolute Gasteiger partial charge is 0.273 e. The van der Waals surface area contributed by atoms with Gasteiger partial charge in [-0.2, -0.15) is 0 Å². The van der Waals surface area contributed by atoms with Crippen LogP contribution in [0.25, 0.3) is 0 Å². The maximum absolute atomic E-state index is 12.8. The van der Waals surface area contributed by atoms with Gasteiger partial charge in [0.2, 0.25) is 0 Å². The normalized spacial score (nSPS) is 17.1. The van der Waals surface area contributed by atoms with E-state index in [1.165, 1.54) is 11.3 Å². The number of aromatic nitrogens is 2. The molecule has 3 heterocycles. The zero-order valence-corrected chi connectivity index (χ0v) is 16.9. The molecule has 1 atom stereocenters. The Morgan fingerprint density at radius 1 is 1.30 bits per heavy atom. The second kappa shape index (κ2) is 8.37. The van der Waals surface area contributed by atoms with Gasteiger partial charge >= 0.3 is 0 Å². The van der Waals surface area contributed by atoms with Crippen molar-refractivity contribution in [1.82, 2.24) is 14.9 Å². The number of ether oxygens (including phenoxy) is 1. The Bertz CT molecular complexity index is 896. The number of likely N-dealkylation sites (tertiary alicyclic amines) is 1. The minimum atomic E-state index is -0.00903. The van der Waals surface area contributed by atoms with Gasteiger partial charge in [0.25, 0.3) is 5.91 Å². The first-order valence-electron chi connectivity index (χ1n) is 8.70. The molecule has 2 aromatic heterocycles. The lowest BCUT2D eigenvalue weighted by Gasteiger charge is -2.31. The Morgan fingerprint density at radius 2 is 2.15 bits per heavy atom. The van der Waals surface area contributed by atoms with Crippen LogP contribution in [0.5, 0.6) is 5.75 Å². The molecule has 1 aliphatic rings. The summed E-state index contributed by atoms with van der Waals surface area (Å²) in [6.45, 7) is 1.82. The molecule has 0 spiro atoms. The summed E-state index contributed by atoms with van der Waals surface area (Å²) >= 11 is 8.98. The summed E-state index contributed by atoms with van der Waals surface area (Å²) in [4.78, 5) is 23.6. The zero-order chi connectivity index (χ0) is 18.6.